The minimum atomic E-state index is -0.965. The SMILES string of the molecule is NC(=O)OCc1nc2cc(-c3ccncc3F)sc2c(=O)[nH]1. The number of amides is 1. The number of aromatic amines is 1. The Balaban J connectivity index is 2.06. The van der Waals surface area contributed by atoms with E-state index in [4.69, 9.17) is 5.73 Å². The van der Waals surface area contributed by atoms with Crippen LogP contribution in [0.4, 0.5) is 9.18 Å². The second-order valence-electron chi connectivity index (χ2n) is 4.30. The number of thiophene rings is 1. The molecule has 0 aliphatic carbocycles. The third kappa shape index (κ3) is 2.66. The molecule has 9 heteroatoms. The van der Waals surface area contributed by atoms with Crippen LogP contribution in [-0.4, -0.2) is 21.0 Å². The number of carbonyl (C=O) groups is 1. The van der Waals surface area contributed by atoms with Gasteiger partial charge in [-0.3, -0.25) is 9.78 Å². The highest BCUT2D eigenvalue weighted by molar-refractivity contribution is 7.22. The number of fused-ring (bicyclic) bond motifs is 1. The molecule has 0 bridgehead atoms. The number of hydrogen-bond donors (Lipinski definition) is 2. The summed E-state index contributed by atoms with van der Waals surface area (Å²) < 4.78 is 18.7. The molecule has 3 aromatic heterocycles. The summed E-state index contributed by atoms with van der Waals surface area (Å²) >= 11 is 1.12. The van der Waals surface area contributed by atoms with Gasteiger partial charge in [0, 0.05) is 16.6 Å². The average Bonchev–Trinajstić information content (AvgIpc) is 2.90. The van der Waals surface area contributed by atoms with E-state index in [0.29, 0.717) is 20.7 Å². The molecule has 1 amide bonds. The quantitative estimate of drug-likeness (QED) is 0.764. The van der Waals surface area contributed by atoms with Crippen molar-refractivity contribution >= 4 is 27.6 Å². The van der Waals surface area contributed by atoms with Crippen molar-refractivity contribution in [3.05, 3.63) is 46.5 Å². The summed E-state index contributed by atoms with van der Waals surface area (Å²) in [7, 11) is 0. The van der Waals surface area contributed by atoms with Crippen LogP contribution < -0.4 is 11.3 Å². The minimum absolute atomic E-state index is 0.163. The molecule has 112 valence electrons. The van der Waals surface area contributed by atoms with Crippen LogP contribution in [0.1, 0.15) is 5.82 Å². The average molecular weight is 320 g/mol. The number of nitrogens with zero attached hydrogens (tertiary/aromatic N) is 2. The fourth-order valence-corrected chi connectivity index (χ4v) is 2.92. The second-order valence-corrected chi connectivity index (χ2v) is 5.35. The Morgan fingerprint density at radius 3 is 3.05 bits per heavy atom. The van der Waals surface area contributed by atoms with Crippen molar-refractivity contribution in [2.75, 3.05) is 0 Å². The highest BCUT2D eigenvalue weighted by Gasteiger charge is 2.13. The fourth-order valence-electron chi connectivity index (χ4n) is 1.90. The monoisotopic (exact) mass is 320 g/mol. The van der Waals surface area contributed by atoms with Crippen molar-refractivity contribution in [1.29, 1.82) is 0 Å². The van der Waals surface area contributed by atoms with Gasteiger partial charge in [-0.1, -0.05) is 0 Å². The van der Waals surface area contributed by atoms with Crippen LogP contribution in [0.15, 0.2) is 29.3 Å². The summed E-state index contributed by atoms with van der Waals surface area (Å²) in [5, 5.41) is 0. The molecule has 0 unspecified atom stereocenters. The van der Waals surface area contributed by atoms with Crippen molar-refractivity contribution < 1.29 is 13.9 Å². The van der Waals surface area contributed by atoms with Gasteiger partial charge >= 0.3 is 6.09 Å². The predicted octanol–water partition coefficient (Wildman–Crippen LogP) is 1.78. The number of carbonyl (C=O) groups excluding carboxylic acids is 1. The van der Waals surface area contributed by atoms with Gasteiger partial charge in [0.15, 0.2) is 6.61 Å². The van der Waals surface area contributed by atoms with Crippen LogP contribution in [0.25, 0.3) is 20.7 Å². The Bertz CT molecular complexity index is 921. The Kier molecular flexibility index (Phi) is 3.55. The van der Waals surface area contributed by atoms with Crippen LogP contribution >= 0.6 is 11.3 Å². The van der Waals surface area contributed by atoms with Crippen LogP contribution in [0, 0.1) is 5.82 Å². The summed E-state index contributed by atoms with van der Waals surface area (Å²) in [6, 6.07) is 3.12. The maximum Gasteiger partial charge on any atom is 0.404 e. The first kappa shape index (κ1) is 14.1. The molecule has 0 aliphatic heterocycles. The molecule has 3 rings (SSSR count). The highest BCUT2D eigenvalue weighted by Crippen LogP contribution is 2.31. The third-order valence-electron chi connectivity index (χ3n) is 2.82. The number of nitrogens with two attached hydrogens (primary N) is 1. The van der Waals surface area contributed by atoms with Gasteiger partial charge in [0.2, 0.25) is 0 Å². The van der Waals surface area contributed by atoms with Gasteiger partial charge in [-0.2, -0.15) is 0 Å². The van der Waals surface area contributed by atoms with E-state index in [-0.39, 0.29) is 12.4 Å². The maximum atomic E-state index is 13.8. The number of pyridine rings is 1. The van der Waals surface area contributed by atoms with E-state index >= 15 is 0 Å². The van der Waals surface area contributed by atoms with E-state index < -0.39 is 17.5 Å². The van der Waals surface area contributed by atoms with Gasteiger partial charge in [0.1, 0.15) is 16.3 Å². The van der Waals surface area contributed by atoms with Crippen molar-refractivity contribution in [2.45, 2.75) is 6.61 Å². The zero-order chi connectivity index (χ0) is 15.7. The summed E-state index contributed by atoms with van der Waals surface area (Å²) in [6.45, 7) is -0.241. The van der Waals surface area contributed by atoms with E-state index in [9.17, 15) is 14.0 Å². The lowest BCUT2D eigenvalue weighted by Gasteiger charge is -2.00. The molecule has 0 atom stereocenters. The van der Waals surface area contributed by atoms with Gasteiger partial charge in [0.25, 0.3) is 5.56 Å². The zero-order valence-electron chi connectivity index (χ0n) is 11.0. The van der Waals surface area contributed by atoms with E-state index in [0.717, 1.165) is 17.5 Å². The van der Waals surface area contributed by atoms with Gasteiger partial charge in [-0.05, 0) is 12.1 Å². The molecule has 0 radical (unpaired) electrons. The topological polar surface area (TPSA) is 111 Å². The molecule has 0 saturated carbocycles. The Morgan fingerprint density at radius 1 is 1.50 bits per heavy atom. The molecule has 0 aromatic carbocycles. The van der Waals surface area contributed by atoms with Crippen molar-refractivity contribution in [1.82, 2.24) is 15.0 Å². The van der Waals surface area contributed by atoms with E-state index in [1.54, 1.807) is 6.07 Å². The smallest absolute Gasteiger partial charge is 0.404 e. The van der Waals surface area contributed by atoms with Crippen molar-refractivity contribution in [3.63, 3.8) is 0 Å². The molecule has 0 saturated heterocycles. The lowest BCUT2D eigenvalue weighted by Crippen LogP contribution is -2.16. The van der Waals surface area contributed by atoms with Crippen LogP contribution in [0.2, 0.25) is 0 Å². The number of ether oxygens (including phenoxy) is 1. The molecule has 0 fully saturated rings. The summed E-state index contributed by atoms with van der Waals surface area (Å²) in [4.78, 5) is 33.5. The minimum Gasteiger partial charge on any atom is -0.442 e. The van der Waals surface area contributed by atoms with Crippen LogP contribution in [0.5, 0.6) is 0 Å². The second kappa shape index (κ2) is 5.53. The molecule has 3 aromatic rings. The van der Waals surface area contributed by atoms with E-state index in [1.807, 2.05) is 0 Å². The molecule has 7 nitrogen and oxygen atoms in total. The molecular formula is C13H9FN4O3S. The lowest BCUT2D eigenvalue weighted by atomic mass is 10.2. The Labute approximate surface area is 126 Å². The van der Waals surface area contributed by atoms with Crippen molar-refractivity contribution in [3.8, 4) is 10.4 Å². The number of rotatable bonds is 3. The predicted molar refractivity (Wildman–Crippen MR) is 77.8 cm³/mol. The van der Waals surface area contributed by atoms with Gasteiger partial charge in [-0.15, -0.1) is 11.3 Å². The molecule has 3 heterocycles. The lowest BCUT2D eigenvalue weighted by molar-refractivity contribution is 0.147. The third-order valence-corrected chi connectivity index (χ3v) is 3.98. The number of halogens is 1. The molecule has 0 aliphatic rings. The first-order chi connectivity index (χ1) is 10.5. The maximum absolute atomic E-state index is 13.8. The largest absolute Gasteiger partial charge is 0.442 e. The van der Waals surface area contributed by atoms with E-state index in [2.05, 4.69) is 19.7 Å². The van der Waals surface area contributed by atoms with Gasteiger partial charge in [-0.25, -0.2) is 14.2 Å². The number of H-pyrrole nitrogens is 1. The van der Waals surface area contributed by atoms with Gasteiger partial charge < -0.3 is 15.5 Å². The molecule has 22 heavy (non-hydrogen) atoms. The molecule has 0 spiro atoms. The number of hydrogen-bond acceptors (Lipinski definition) is 6. The zero-order valence-corrected chi connectivity index (χ0v) is 11.8. The summed E-state index contributed by atoms with van der Waals surface area (Å²) in [6.07, 6.45) is 1.60. The highest BCUT2D eigenvalue weighted by atomic mass is 32.1. The van der Waals surface area contributed by atoms with E-state index in [1.165, 1.54) is 12.3 Å². The fraction of sp³-hybridized carbons (Fsp3) is 0.0769. The Hall–Kier alpha value is -2.81. The summed E-state index contributed by atoms with van der Waals surface area (Å²) in [5.41, 5.74) is 5.20. The number of primary amides is 1. The standard InChI is InChI=1S/C13H9FN4O3S/c14-7-4-16-2-1-6(7)9-3-8-11(22-9)12(19)18-10(17-8)5-21-13(15)20/h1-4H,5H2,(H2,15,20)(H,17,18,19). The van der Waals surface area contributed by atoms with Crippen LogP contribution in [0.3, 0.4) is 0 Å². The molecular weight excluding hydrogens is 311 g/mol. The van der Waals surface area contributed by atoms with Gasteiger partial charge in [0.05, 0.1) is 11.7 Å². The first-order valence-corrected chi connectivity index (χ1v) is 6.91. The first-order valence-electron chi connectivity index (χ1n) is 6.09. The molecule has 3 N–H and O–H groups in total. The van der Waals surface area contributed by atoms with Crippen LogP contribution in [-0.2, 0) is 11.3 Å². The number of aromatic nitrogens is 3. The van der Waals surface area contributed by atoms with Crippen molar-refractivity contribution in [2.24, 2.45) is 5.73 Å². The Morgan fingerprint density at radius 2 is 2.32 bits per heavy atom. The normalized spacial score (nSPS) is 10.8. The number of nitrogens with one attached hydrogen (secondary N) is 1. The summed E-state index contributed by atoms with van der Waals surface area (Å²) in [5.74, 6) is -0.321.